The molecule has 2 N–H and O–H groups in total. The minimum absolute atomic E-state index is 0.0614. The molecule has 0 saturated heterocycles. The third-order valence-electron chi connectivity index (χ3n) is 4.56. The maximum absolute atomic E-state index is 12.1. The molecule has 0 fully saturated rings. The Hall–Kier alpha value is -0.910. The highest BCUT2D eigenvalue weighted by Gasteiger charge is 2.43. The second-order valence-corrected chi connectivity index (χ2v) is 7.28. The van der Waals surface area contributed by atoms with Gasteiger partial charge in [-0.2, -0.15) is 0 Å². The van der Waals surface area contributed by atoms with Crippen molar-refractivity contribution in [2.75, 3.05) is 6.61 Å². The summed E-state index contributed by atoms with van der Waals surface area (Å²) in [7, 11) is 0. The lowest BCUT2D eigenvalue weighted by Crippen LogP contribution is -2.51. The zero-order valence-corrected chi connectivity index (χ0v) is 15.4. The Bertz CT molecular complexity index is 410. The monoisotopic (exact) mass is 327 g/mol. The van der Waals surface area contributed by atoms with Gasteiger partial charge in [-0.3, -0.25) is 0 Å². The van der Waals surface area contributed by atoms with Gasteiger partial charge in [-0.15, -0.1) is 0 Å². The van der Waals surface area contributed by atoms with Crippen LogP contribution in [-0.4, -0.2) is 36.0 Å². The zero-order valence-electron chi connectivity index (χ0n) is 15.4. The molecule has 3 atom stereocenters. The van der Waals surface area contributed by atoms with Gasteiger partial charge < -0.3 is 14.7 Å². The fraction of sp³-hybridized carbons (Fsp3) is 0.833. The lowest BCUT2D eigenvalue weighted by Gasteiger charge is -2.44. The molecule has 0 bridgehead atoms. The van der Waals surface area contributed by atoms with Crippen LogP contribution in [0.15, 0.2) is 11.6 Å². The van der Waals surface area contributed by atoms with Gasteiger partial charge in [0.15, 0.2) is 0 Å². The SMILES string of the molecule is CCOC(=O)C1=C[C@@H](OC(CC)CC)[C@H](C(C)(C)C)C(NO)C1. The Kier molecular flexibility index (Phi) is 7.71. The van der Waals surface area contributed by atoms with Crippen molar-refractivity contribution in [3.8, 4) is 0 Å². The molecule has 0 aromatic carbocycles. The van der Waals surface area contributed by atoms with E-state index in [4.69, 9.17) is 9.47 Å². The van der Waals surface area contributed by atoms with Gasteiger partial charge in [0.05, 0.1) is 18.8 Å². The number of rotatable bonds is 7. The molecule has 134 valence electrons. The molecule has 0 radical (unpaired) electrons. The van der Waals surface area contributed by atoms with Gasteiger partial charge in [0.25, 0.3) is 0 Å². The van der Waals surface area contributed by atoms with Crippen LogP contribution in [0.3, 0.4) is 0 Å². The molecule has 23 heavy (non-hydrogen) atoms. The lowest BCUT2D eigenvalue weighted by atomic mass is 9.68. The van der Waals surface area contributed by atoms with Crippen LogP contribution < -0.4 is 5.48 Å². The molecule has 1 aliphatic rings. The maximum atomic E-state index is 12.1. The number of carbonyl (C=O) groups is 1. The molecule has 1 rings (SSSR count). The first-order chi connectivity index (χ1) is 10.8. The van der Waals surface area contributed by atoms with Crippen molar-refractivity contribution in [1.29, 1.82) is 0 Å². The summed E-state index contributed by atoms with van der Waals surface area (Å²) in [5.41, 5.74) is 2.90. The average molecular weight is 327 g/mol. The predicted molar refractivity (Wildman–Crippen MR) is 90.2 cm³/mol. The topological polar surface area (TPSA) is 67.8 Å². The van der Waals surface area contributed by atoms with Gasteiger partial charge in [0.2, 0.25) is 0 Å². The Labute approximate surface area is 140 Å². The Morgan fingerprint density at radius 3 is 2.39 bits per heavy atom. The lowest BCUT2D eigenvalue weighted by molar-refractivity contribution is -0.140. The molecular weight excluding hydrogens is 294 g/mol. The van der Waals surface area contributed by atoms with E-state index in [2.05, 4.69) is 40.1 Å². The van der Waals surface area contributed by atoms with Crippen molar-refractivity contribution >= 4 is 5.97 Å². The normalized spacial score (nSPS) is 25.4. The highest BCUT2D eigenvalue weighted by molar-refractivity contribution is 5.88. The Morgan fingerprint density at radius 2 is 1.96 bits per heavy atom. The first-order valence-electron chi connectivity index (χ1n) is 8.71. The Balaban J connectivity index is 3.15. The number of hydroxylamine groups is 1. The smallest absolute Gasteiger partial charge is 0.333 e. The second-order valence-electron chi connectivity index (χ2n) is 7.28. The van der Waals surface area contributed by atoms with Crippen molar-refractivity contribution in [3.05, 3.63) is 11.6 Å². The van der Waals surface area contributed by atoms with E-state index in [-0.39, 0.29) is 35.6 Å². The molecule has 0 saturated carbocycles. The summed E-state index contributed by atoms with van der Waals surface area (Å²) in [6.45, 7) is 12.7. The second kappa shape index (κ2) is 8.81. The average Bonchev–Trinajstić information content (AvgIpc) is 2.50. The number of ether oxygens (including phenoxy) is 2. The molecule has 0 aromatic heterocycles. The third kappa shape index (κ3) is 5.30. The molecule has 0 aromatic rings. The molecular formula is C18H33NO4. The molecule has 5 heteroatoms. The van der Waals surface area contributed by atoms with Crippen molar-refractivity contribution in [2.45, 2.75) is 79.1 Å². The van der Waals surface area contributed by atoms with Crippen molar-refractivity contribution in [2.24, 2.45) is 11.3 Å². The number of carbonyl (C=O) groups excluding carboxylic acids is 1. The quantitative estimate of drug-likeness (QED) is 0.553. The van der Waals surface area contributed by atoms with E-state index in [9.17, 15) is 10.0 Å². The van der Waals surface area contributed by atoms with Crippen molar-refractivity contribution < 1.29 is 19.5 Å². The van der Waals surface area contributed by atoms with Gasteiger partial charge in [-0.05, 0) is 37.7 Å². The third-order valence-corrected chi connectivity index (χ3v) is 4.56. The number of hydrogen-bond acceptors (Lipinski definition) is 5. The Morgan fingerprint density at radius 1 is 1.35 bits per heavy atom. The van der Waals surface area contributed by atoms with Crippen LogP contribution in [-0.2, 0) is 14.3 Å². The first-order valence-corrected chi connectivity index (χ1v) is 8.71. The fourth-order valence-corrected chi connectivity index (χ4v) is 3.39. The molecule has 0 amide bonds. The minimum atomic E-state index is -0.321. The van der Waals surface area contributed by atoms with Crippen molar-refractivity contribution in [3.63, 3.8) is 0 Å². The number of nitrogens with one attached hydrogen (secondary N) is 1. The fourth-order valence-electron chi connectivity index (χ4n) is 3.39. The van der Waals surface area contributed by atoms with Gasteiger partial charge in [-0.1, -0.05) is 34.6 Å². The summed E-state index contributed by atoms with van der Waals surface area (Å²) in [6, 6.07) is -0.237. The van der Waals surface area contributed by atoms with Crippen LogP contribution in [0.4, 0.5) is 0 Å². The van der Waals surface area contributed by atoms with Crippen LogP contribution in [0.1, 0.15) is 60.8 Å². The molecule has 1 unspecified atom stereocenters. The van der Waals surface area contributed by atoms with E-state index in [1.165, 1.54) is 0 Å². The number of hydrogen-bond donors (Lipinski definition) is 2. The van der Waals surface area contributed by atoms with Crippen LogP contribution in [0.25, 0.3) is 0 Å². The van der Waals surface area contributed by atoms with E-state index in [0.29, 0.717) is 18.6 Å². The molecule has 0 heterocycles. The maximum Gasteiger partial charge on any atom is 0.333 e. The minimum Gasteiger partial charge on any atom is -0.463 e. The highest BCUT2D eigenvalue weighted by atomic mass is 16.5. The van der Waals surface area contributed by atoms with Crippen LogP contribution in [0.2, 0.25) is 0 Å². The molecule has 1 aliphatic carbocycles. The summed E-state index contributed by atoms with van der Waals surface area (Å²) in [4.78, 5) is 12.1. The molecule has 0 spiro atoms. The van der Waals surface area contributed by atoms with Gasteiger partial charge >= 0.3 is 5.97 Å². The van der Waals surface area contributed by atoms with Crippen LogP contribution in [0.5, 0.6) is 0 Å². The largest absolute Gasteiger partial charge is 0.463 e. The summed E-state index contributed by atoms with van der Waals surface area (Å²) in [5.74, 6) is -0.260. The van der Waals surface area contributed by atoms with Gasteiger partial charge in [-0.25, -0.2) is 10.3 Å². The molecule has 0 aliphatic heterocycles. The van der Waals surface area contributed by atoms with Crippen LogP contribution in [0, 0.1) is 11.3 Å². The summed E-state index contributed by atoms with van der Waals surface area (Å²) >= 11 is 0. The predicted octanol–water partition coefficient (Wildman–Crippen LogP) is 3.46. The standard InChI is InChI=1S/C18H33NO4/c1-7-13(8-2)23-15-11-12(17(20)22-9-3)10-14(19-21)16(15)18(4,5)6/h11,13-16,19,21H,7-10H2,1-6H3/t14?,15-,16-/m1/s1. The highest BCUT2D eigenvalue weighted by Crippen LogP contribution is 2.40. The first kappa shape index (κ1) is 20.1. The summed E-state index contributed by atoms with van der Waals surface area (Å²) in [6.07, 6.45) is 4.10. The zero-order chi connectivity index (χ0) is 17.6. The van der Waals surface area contributed by atoms with E-state index in [0.717, 1.165) is 12.8 Å². The van der Waals surface area contributed by atoms with Gasteiger partial charge in [0, 0.05) is 17.5 Å². The summed E-state index contributed by atoms with van der Waals surface area (Å²) < 4.78 is 11.4. The van der Waals surface area contributed by atoms with E-state index in [1.807, 2.05) is 6.08 Å². The van der Waals surface area contributed by atoms with Gasteiger partial charge in [0.1, 0.15) is 0 Å². The van der Waals surface area contributed by atoms with E-state index in [1.54, 1.807) is 6.92 Å². The van der Waals surface area contributed by atoms with Crippen molar-refractivity contribution in [1.82, 2.24) is 5.48 Å². The molecule has 5 nitrogen and oxygen atoms in total. The summed E-state index contributed by atoms with van der Waals surface area (Å²) in [5, 5.41) is 9.64. The number of esters is 1. The van der Waals surface area contributed by atoms with E-state index >= 15 is 0 Å². The van der Waals surface area contributed by atoms with Crippen LogP contribution >= 0.6 is 0 Å². The van der Waals surface area contributed by atoms with E-state index < -0.39 is 0 Å².